The highest BCUT2D eigenvalue weighted by Gasteiger charge is 2.06. The van der Waals surface area contributed by atoms with Gasteiger partial charge in [-0.2, -0.15) is 0 Å². The van der Waals surface area contributed by atoms with Gasteiger partial charge in [-0.05, 0) is 42.8 Å². The molecule has 20 heavy (non-hydrogen) atoms. The molecule has 3 N–H and O–H groups in total. The summed E-state index contributed by atoms with van der Waals surface area (Å²) in [6.07, 6.45) is 1.46. The maximum Gasteiger partial charge on any atom is 0.141 e. The van der Waals surface area contributed by atoms with Crippen molar-refractivity contribution in [3.63, 3.8) is 0 Å². The molecule has 2 aromatic carbocycles. The van der Waals surface area contributed by atoms with Crippen LogP contribution in [0.1, 0.15) is 5.56 Å². The molecule has 0 radical (unpaired) electrons. The van der Waals surface area contributed by atoms with Crippen LogP contribution < -0.4 is 11.1 Å². The van der Waals surface area contributed by atoms with Gasteiger partial charge in [0.2, 0.25) is 0 Å². The summed E-state index contributed by atoms with van der Waals surface area (Å²) in [5.74, 6) is 0.337. The Morgan fingerprint density at radius 2 is 1.95 bits per heavy atom. The smallest absolute Gasteiger partial charge is 0.141 e. The molecule has 0 aliphatic rings. The number of aromatic nitrogens is 2. The lowest BCUT2D eigenvalue weighted by molar-refractivity contribution is 0.628. The molecule has 0 unspecified atom stereocenters. The second-order valence-corrected chi connectivity index (χ2v) is 4.58. The van der Waals surface area contributed by atoms with Gasteiger partial charge in [0.05, 0.1) is 5.52 Å². The van der Waals surface area contributed by atoms with E-state index in [1.165, 1.54) is 18.5 Å². The summed E-state index contributed by atoms with van der Waals surface area (Å²) < 4.78 is 13.3. The van der Waals surface area contributed by atoms with Gasteiger partial charge in [-0.1, -0.05) is 6.07 Å². The van der Waals surface area contributed by atoms with E-state index in [0.717, 1.165) is 16.5 Å². The predicted octanol–water partition coefficient (Wildman–Crippen LogP) is 3.40. The Hall–Kier alpha value is -2.69. The highest BCUT2D eigenvalue weighted by molar-refractivity contribution is 5.92. The van der Waals surface area contributed by atoms with E-state index in [-0.39, 0.29) is 5.82 Å². The topological polar surface area (TPSA) is 63.8 Å². The van der Waals surface area contributed by atoms with E-state index in [0.29, 0.717) is 17.2 Å². The van der Waals surface area contributed by atoms with Crippen LogP contribution in [-0.4, -0.2) is 9.97 Å². The van der Waals surface area contributed by atoms with Gasteiger partial charge in [0.15, 0.2) is 0 Å². The van der Waals surface area contributed by atoms with E-state index in [9.17, 15) is 4.39 Å². The Balaban J connectivity index is 2.09. The van der Waals surface area contributed by atoms with Crippen LogP contribution in [0.5, 0.6) is 0 Å². The average molecular weight is 268 g/mol. The first kappa shape index (κ1) is 12.3. The molecule has 1 heterocycles. The van der Waals surface area contributed by atoms with Crippen molar-refractivity contribution in [2.75, 3.05) is 11.1 Å². The minimum absolute atomic E-state index is 0.291. The number of nitrogen functional groups attached to an aromatic ring is 1. The predicted molar refractivity (Wildman–Crippen MR) is 78.4 cm³/mol. The highest BCUT2D eigenvalue weighted by atomic mass is 19.1. The van der Waals surface area contributed by atoms with E-state index in [1.807, 2.05) is 13.0 Å². The van der Waals surface area contributed by atoms with Gasteiger partial charge in [-0.25, -0.2) is 14.4 Å². The SMILES string of the molecule is Cc1ccc(F)cc1Nc1ncnc2cc(N)ccc12. The molecule has 0 bridgehead atoms. The Kier molecular flexibility index (Phi) is 2.95. The molecule has 0 saturated heterocycles. The number of fused-ring (bicyclic) bond motifs is 1. The molecule has 0 saturated carbocycles. The molecule has 0 atom stereocenters. The van der Waals surface area contributed by atoms with E-state index >= 15 is 0 Å². The van der Waals surface area contributed by atoms with Crippen LogP contribution in [0, 0.1) is 12.7 Å². The fourth-order valence-electron chi connectivity index (χ4n) is 2.03. The zero-order valence-corrected chi connectivity index (χ0v) is 10.9. The quantitative estimate of drug-likeness (QED) is 0.699. The molecule has 0 amide bonds. The molecule has 0 aliphatic heterocycles. The van der Waals surface area contributed by atoms with Gasteiger partial charge in [0.1, 0.15) is 18.0 Å². The first-order valence-electron chi connectivity index (χ1n) is 6.17. The number of rotatable bonds is 2. The van der Waals surface area contributed by atoms with Crippen LogP contribution in [0.3, 0.4) is 0 Å². The molecular formula is C15H13FN4. The van der Waals surface area contributed by atoms with Gasteiger partial charge in [-0.15, -0.1) is 0 Å². The number of nitrogens with two attached hydrogens (primary N) is 1. The zero-order chi connectivity index (χ0) is 14.1. The van der Waals surface area contributed by atoms with Crippen molar-refractivity contribution in [1.82, 2.24) is 9.97 Å². The van der Waals surface area contributed by atoms with Crippen LogP contribution in [0.4, 0.5) is 21.6 Å². The van der Waals surface area contributed by atoms with Crippen LogP contribution >= 0.6 is 0 Å². The van der Waals surface area contributed by atoms with Gasteiger partial charge in [0.25, 0.3) is 0 Å². The Morgan fingerprint density at radius 1 is 1.10 bits per heavy atom. The number of aryl methyl sites for hydroxylation is 1. The summed E-state index contributed by atoms with van der Waals surface area (Å²) in [6, 6.07) is 10.0. The van der Waals surface area contributed by atoms with E-state index in [2.05, 4.69) is 15.3 Å². The second-order valence-electron chi connectivity index (χ2n) is 4.58. The average Bonchev–Trinajstić information content (AvgIpc) is 2.43. The molecule has 3 aromatic rings. The third-order valence-corrected chi connectivity index (χ3v) is 3.11. The number of hydrogen-bond acceptors (Lipinski definition) is 4. The normalized spacial score (nSPS) is 10.7. The third-order valence-electron chi connectivity index (χ3n) is 3.11. The molecule has 0 spiro atoms. The maximum atomic E-state index is 13.3. The zero-order valence-electron chi connectivity index (χ0n) is 10.9. The third kappa shape index (κ3) is 2.25. The number of benzene rings is 2. The highest BCUT2D eigenvalue weighted by Crippen LogP contribution is 2.26. The summed E-state index contributed by atoms with van der Waals surface area (Å²) in [4.78, 5) is 8.40. The van der Waals surface area contributed by atoms with Crippen molar-refractivity contribution in [1.29, 1.82) is 0 Å². The van der Waals surface area contributed by atoms with Gasteiger partial charge in [0, 0.05) is 16.8 Å². The standard InChI is InChI=1S/C15H13FN4/c1-9-2-3-10(16)6-13(9)20-15-12-5-4-11(17)7-14(12)18-8-19-15/h2-8H,17H2,1H3,(H,18,19,20). The van der Waals surface area contributed by atoms with Crippen LogP contribution in [-0.2, 0) is 0 Å². The lowest BCUT2D eigenvalue weighted by atomic mass is 10.1. The van der Waals surface area contributed by atoms with Crippen LogP contribution in [0.15, 0.2) is 42.7 Å². The molecule has 5 heteroatoms. The minimum Gasteiger partial charge on any atom is -0.399 e. The van der Waals surface area contributed by atoms with Gasteiger partial charge in [-0.3, -0.25) is 0 Å². The van der Waals surface area contributed by atoms with Gasteiger partial charge >= 0.3 is 0 Å². The number of nitrogens with one attached hydrogen (secondary N) is 1. The van der Waals surface area contributed by atoms with Crippen molar-refractivity contribution >= 4 is 28.1 Å². The van der Waals surface area contributed by atoms with Crippen molar-refractivity contribution < 1.29 is 4.39 Å². The fourth-order valence-corrected chi connectivity index (χ4v) is 2.03. The van der Waals surface area contributed by atoms with Crippen molar-refractivity contribution in [3.05, 3.63) is 54.1 Å². The van der Waals surface area contributed by atoms with Crippen LogP contribution in [0.25, 0.3) is 10.9 Å². The first-order chi connectivity index (χ1) is 9.63. The molecule has 0 aliphatic carbocycles. The summed E-state index contributed by atoms with van der Waals surface area (Å²) >= 11 is 0. The van der Waals surface area contributed by atoms with Crippen molar-refractivity contribution in [2.24, 2.45) is 0 Å². The Bertz CT molecular complexity index is 786. The maximum absolute atomic E-state index is 13.3. The van der Waals surface area contributed by atoms with Crippen molar-refractivity contribution in [2.45, 2.75) is 6.92 Å². The first-order valence-corrected chi connectivity index (χ1v) is 6.17. The molecule has 4 nitrogen and oxygen atoms in total. The van der Waals surface area contributed by atoms with Crippen LogP contribution in [0.2, 0.25) is 0 Å². The minimum atomic E-state index is -0.291. The number of hydrogen-bond donors (Lipinski definition) is 2. The molecule has 100 valence electrons. The molecule has 3 rings (SSSR count). The molecule has 1 aromatic heterocycles. The Morgan fingerprint density at radius 3 is 2.80 bits per heavy atom. The molecular weight excluding hydrogens is 255 g/mol. The van der Waals surface area contributed by atoms with E-state index < -0.39 is 0 Å². The lowest BCUT2D eigenvalue weighted by Gasteiger charge is -2.11. The van der Waals surface area contributed by atoms with E-state index in [1.54, 1.807) is 18.2 Å². The Labute approximate surface area is 115 Å². The summed E-state index contributed by atoms with van der Waals surface area (Å²) in [6.45, 7) is 1.91. The molecule has 0 fully saturated rings. The summed E-state index contributed by atoms with van der Waals surface area (Å²) in [5, 5.41) is 3.98. The second kappa shape index (κ2) is 4.77. The largest absolute Gasteiger partial charge is 0.399 e. The van der Waals surface area contributed by atoms with Gasteiger partial charge < -0.3 is 11.1 Å². The van der Waals surface area contributed by atoms with E-state index in [4.69, 9.17) is 5.73 Å². The number of nitrogens with zero attached hydrogens (tertiary/aromatic N) is 2. The lowest BCUT2D eigenvalue weighted by Crippen LogP contribution is -1.98. The number of anilines is 3. The summed E-state index contributed by atoms with van der Waals surface area (Å²) in [5.41, 5.74) is 8.75. The van der Waals surface area contributed by atoms with Crippen molar-refractivity contribution in [3.8, 4) is 0 Å². The fraction of sp³-hybridized carbons (Fsp3) is 0.0667. The summed E-state index contributed by atoms with van der Waals surface area (Å²) in [7, 11) is 0. The number of halogens is 1. The monoisotopic (exact) mass is 268 g/mol.